The van der Waals surface area contributed by atoms with E-state index in [-0.39, 0.29) is 11.7 Å². The van der Waals surface area contributed by atoms with Gasteiger partial charge in [0.25, 0.3) is 0 Å². The molecule has 1 aliphatic rings. The van der Waals surface area contributed by atoms with Gasteiger partial charge in [0.15, 0.2) is 0 Å². The molecule has 4 nitrogen and oxygen atoms in total. The summed E-state index contributed by atoms with van der Waals surface area (Å²) in [6, 6.07) is 7.18. The number of aromatic hydroxyl groups is 1. The molecule has 0 saturated heterocycles. The first kappa shape index (κ1) is 14.9. The van der Waals surface area contributed by atoms with Crippen LogP contribution in [-0.2, 0) is 11.3 Å². The highest BCUT2D eigenvalue weighted by molar-refractivity contribution is 5.76. The molecule has 0 heterocycles. The fraction of sp³-hybridized carbons (Fsp3) is 0.562. The molecule has 1 aliphatic carbocycles. The molecule has 0 unspecified atom stereocenters. The van der Waals surface area contributed by atoms with Crippen molar-refractivity contribution in [2.75, 3.05) is 20.1 Å². The van der Waals surface area contributed by atoms with E-state index < -0.39 is 0 Å². The number of phenolic OH excluding ortho intramolecular Hbond substituents is 1. The molecule has 0 aliphatic heterocycles. The monoisotopic (exact) mass is 276 g/mol. The van der Waals surface area contributed by atoms with Gasteiger partial charge in [-0.05, 0) is 56.5 Å². The zero-order valence-corrected chi connectivity index (χ0v) is 12.1. The number of hydrogen-bond donors (Lipinski definition) is 2. The summed E-state index contributed by atoms with van der Waals surface area (Å²) in [5.41, 5.74) is 0.993. The molecule has 0 aromatic heterocycles. The predicted molar refractivity (Wildman–Crippen MR) is 79.4 cm³/mol. The number of amides is 1. The van der Waals surface area contributed by atoms with Gasteiger partial charge < -0.3 is 15.3 Å². The zero-order chi connectivity index (χ0) is 14.4. The zero-order valence-electron chi connectivity index (χ0n) is 12.1. The fourth-order valence-corrected chi connectivity index (χ4v) is 2.32. The lowest BCUT2D eigenvalue weighted by molar-refractivity contribution is -0.132. The van der Waals surface area contributed by atoms with Crippen LogP contribution in [0.25, 0.3) is 0 Å². The van der Waals surface area contributed by atoms with Crippen LogP contribution < -0.4 is 5.32 Å². The average molecular weight is 276 g/mol. The molecule has 0 atom stereocenters. The van der Waals surface area contributed by atoms with Crippen LogP contribution in [0, 0.1) is 5.92 Å². The summed E-state index contributed by atoms with van der Waals surface area (Å²) in [4.78, 5) is 14.3. The highest BCUT2D eigenvalue weighted by Gasteiger charge is 2.26. The van der Waals surface area contributed by atoms with E-state index in [0.29, 0.717) is 18.9 Å². The Bertz CT molecular complexity index is 444. The third-order valence-corrected chi connectivity index (χ3v) is 3.63. The maximum Gasteiger partial charge on any atom is 0.222 e. The van der Waals surface area contributed by atoms with Gasteiger partial charge in [-0.1, -0.05) is 12.1 Å². The Morgan fingerprint density at radius 2 is 2.25 bits per heavy atom. The van der Waals surface area contributed by atoms with Crippen LogP contribution in [0.3, 0.4) is 0 Å². The highest BCUT2D eigenvalue weighted by atomic mass is 16.3. The largest absolute Gasteiger partial charge is 0.508 e. The molecule has 1 fully saturated rings. The van der Waals surface area contributed by atoms with Crippen molar-refractivity contribution >= 4 is 5.91 Å². The predicted octanol–water partition coefficient (Wildman–Crippen LogP) is 2.13. The summed E-state index contributed by atoms with van der Waals surface area (Å²) in [6.07, 6.45) is 3.93. The second-order valence-corrected chi connectivity index (χ2v) is 5.59. The lowest BCUT2D eigenvalue weighted by atomic mass is 10.1. The Morgan fingerprint density at radius 3 is 2.90 bits per heavy atom. The summed E-state index contributed by atoms with van der Waals surface area (Å²) in [6.45, 7) is 2.33. The lowest BCUT2D eigenvalue weighted by Gasteiger charge is -2.23. The lowest BCUT2D eigenvalue weighted by Crippen LogP contribution is -2.32. The molecule has 2 rings (SSSR count). The number of benzene rings is 1. The van der Waals surface area contributed by atoms with E-state index in [4.69, 9.17) is 0 Å². The first-order valence-corrected chi connectivity index (χ1v) is 7.39. The van der Waals surface area contributed by atoms with Crippen molar-refractivity contribution in [2.45, 2.75) is 32.2 Å². The Balaban J connectivity index is 1.93. The maximum absolute atomic E-state index is 12.3. The summed E-state index contributed by atoms with van der Waals surface area (Å²) < 4.78 is 0. The van der Waals surface area contributed by atoms with Crippen molar-refractivity contribution < 1.29 is 9.90 Å². The van der Waals surface area contributed by atoms with Gasteiger partial charge >= 0.3 is 0 Å². The second kappa shape index (κ2) is 7.29. The average Bonchev–Trinajstić information content (AvgIpc) is 3.22. The van der Waals surface area contributed by atoms with E-state index in [9.17, 15) is 9.90 Å². The van der Waals surface area contributed by atoms with E-state index in [1.165, 1.54) is 12.8 Å². The topological polar surface area (TPSA) is 52.6 Å². The smallest absolute Gasteiger partial charge is 0.222 e. The van der Waals surface area contributed by atoms with Crippen molar-refractivity contribution in [3.8, 4) is 5.75 Å². The summed E-state index contributed by atoms with van der Waals surface area (Å²) in [7, 11) is 1.90. The van der Waals surface area contributed by atoms with Gasteiger partial charge in [-0.3, -0.25) is 4.79 Å². The van der Waals surface area contributed by atoms with Crippen LogP contribution in [0.5, 0.6) is 5.75 Å². The van der Waals surface area contributed by atoms with Crippen molar-refractivity contribution in [1.29, 1.82) is 0 Å². The Morgan fingerprint density at radius 1 is 1.45 bits per heavy atom. The van der Waals surface area contributed by atoms with Crippen LogP contribution in [-0.4, -0.2) is 36.1 Å². The molecule has 110 valence electrons. The third kappa shape index (κ3) is 4.85. The second-order valence-electron chi connectivity index (χ2n) is 5.59. The van der Waals surface area contributed by atoms with Gasteiger partial charge in [-0.25, -0.2) is 0 Å². The SMILES string of the molecule is CNCCCC(=O)N(Cc1cccc(O)c1)CC1CC1. The third-order valence-electron chi connectivity index (χ3n) is 3.63. The molecule has 0 spiro atoms. The van der Waals surface area contributed by atoms with Crippen molar-refractivity contribution in [2.24, 2.45) is 5.92 Å². The Labute approximate surface area is 120 Å². The van der Waals surface area contributed by atoms with E-state index >= 15 is 0 Å². The molecular formula is C16H24N2O2. The van der Waals surface area contributed by atoms with Crippen LogP contribution in [0.1, 0.15) is 31.2 Å². The number of carbonyl (C=O) groups is 1. The van der Waals surface area contributed by atoms with Gasteiger partial charge in [0.2, 0.25) is 5.91 Å². The molecule has 1 aromatic rings. The van der Waals surface area contributed by atoms with Gasteiger partial charge in [0, 0.05) is 19.5 Å². The summed E-state index contributed by atoms with van der Waals surface area (Å²) in [5, 5.41) is 12.6. The van der Waals surface area contributed by atoms with Gasteiger partial charge in [-0.2, -0.15) is 0 Å². The molecule has 0 radical (unpaired) electrons. The number of hydrogen-bond acceptors (Lipinski definition) is 3. The van der Waals surface area contributed by atoms with Gasteiger partial charge in [0.05, 0.1) is 0 Å². The molecule has 1 aromatic carbocycles. The van der Waals surface area contributed by atoms with Crippen molar-refractivity contribution in [1.82, 2.24) is 10.2 Å². The van der Waals surface area contributed by atoms with Crippen LogP contribution in [0.15, 0.2) is 24.3 Å². The van der Waals surface area contributed by atoms with Crippen LogP contribution >= 0.6 is 0 Å². The molecule has 1 amide bonds. The molecule has 1 saturated carbocycles. The number of rotatable bonds is 8. The van der Waals surface area contributed by atoms with Crippen LogP contribution in [0.4, 0.5) is 0 Å². The molecular weight excluding hydrogens is 252 g/mol. The molecule has 20 heavy (non-hydrogen) atoms. The van der Waals surface area contributed by atoms with Gasteiger partial charge in [-0.15, -0.1) is 0 Å². The molecule has 4 heteroatoms. The first-order valence-electron chi connectivity index (χ1n) is 7.39. The minimum atomic E-state index is 0.218. The minimum Gasteiger partial charge on any atom is -0.508 e. The Kier molecular flexibility index (Phi) is 5.41. The van der Waals surface area contributed by atoms with Crippen LogP contribution in [0.2, 0.25) is 0 Å². The van der Waals surface area contributed by atoms with E-state index in [0.717, 1.165) is 25.1 Å². The molecule has 2 N–H and O–H groups in total. The number of carbonyl (C=O) groups excluding carboxylic acids is 1. The summed E-state index contributed by atoms with van der Waals surface area (Å²) in [5.74, 6) is 1.16. The standard InChI is InChI=1S/C16H24N2O2/c1-17-9-3-6-16(20)18(11-13-7-8-13)12-14-4-2-5-15(19)10-14/h2,4-5,10,13,17,19H,3,6-9,11-12H2,1H3. The number of phenols is 1. The minimum absolute atomic E-state index is 0.218. The van der Waals surface area contributed by atoms with E-state index in [2.05, 4.69) is 5.32 Å². The van der Waals surface area contributed by atoms with E-state index in [1.54, 1.807) is 12.1 Å². The quantitative estimate of drug-likeness (QED) is 0.715. The highest BCUT2D eigenvalue weighted by Crippen LogP contribution is 2.30. The number of nitrogens with zero attached hydrogens (tertiary/aromatic N) is 1. The number of nitrogens with one attached hydrogen (secondary N) is 1. The first-order chi connectivity index (χ1) is 9.69. The van der Waals surface area contributed by atoms with E-state index in [1.807, 2.05) is 24.1 Å². The molecule has 0 bridgehead atoms. The Hall–Kier alpha value is -1.55. The fourth-order valence-electron chi connectivity index (χ4n) is 2.32. The van der Waals surface area contributed by atoms with Gasteiger partial charge in [0.1, 0.15) is 5.75 Å². The van der Waals surface area contributed by atoms with Crippen molar-refractivity contribution in [3.05, 3.63) is 29.8 Å². The normalized spacial score (nSPS) is 14.2. The summed E-state index contributed by atoms with van der Waals surface area (Å²) >= 11 is 0. The van der Waals surface area contributed by atoms with Crippen molar-refractivity contribution in [3.63, 3.8) is 0 Å². The maximum atomic E-state index is 12.3.